The second-order valence-electron chi connectivity index (χ2n) is 9.40. The molecular formula is C25H29NO3Si. The van der Waals surface area contributed by atoms with Crippen molar-refractivity contribution in [2.75, 3.05) is 6.61 Å². The van der Waals surface area contributed by atoms with Gasteiger partial charge in [0.2, 0.25) is 0 Å². The number of esters is 1. The highest BCUT2D eigenvalue weighted by Crippen LogP contribution is 2.49. The van der Waals surface area contributed by atoms with Crippen LogP contribution in [-0.4, -0.2) is 25.9 Å². The standard InChI is InChI=1S/C25H29NO3Si/c1-7-28-24(27)17-13-12-16-14-20-22(26-21(16)15-17)18-10-8-9-11-19(18)23(20)29-30(5,6)25(2,3)4/h8-15,23H,7H2,1-6H3. The molecule has 4 rings (SSSR count). The predicted molar refractivity (Wildman–Crippen MR) is 123 cm³/mol. The van der Waals surface area contributed by atoms with Gasteiger partial charge in [-0.3, -0.25) is 0 Å². The van der Waals surface area contributed by atoms with Crippen LogP contribution in [0.3, 0.4) is 0 Å². The summed E-state index contributed by atoms with van der Waals surface area (Å²) in [6.45, 7) is 13.5. The topological polar surface area (TPSA) is 48.4 Å². The zero-order valence-corrected chi connectivity index (χ0v) is 19.6. The molecule has 2 aromatic carbocycles. The fourth-order valence-corrected chi connectivity index (χ4v) is 4.84. The van der Waals surface area contributed by atoms with E-state index in [0.29, 0.717) is 12.2 Å². The molecule has 1 aromatic heterocycles. The summed E-state index contributed by atoms with van der Waals surface area (Å²) >= 11 is 0. The third-order valence-corrected chi connectivity index (χ3v) is 10.8. The van der Waals surface area contributed by atoms with Gasteiger partial charge in [0, 0.05) is 16.5 Å². The average Bonchev–Trinajstić information content (AvgIpc) is 2.98. The van der Waals surface area contributed by atoms with Crippen LogP contribution in [0.15, 0.2) is 48.5 Å². The highest BCUT2D eigenvalue weighted by Gasteiger charge is 2.42. The van der Waals surface area contributed by atoms with Crippen molar-refractivity contribution in [1.29, 1.82) is 0 Å². The molecule has 0 N–H and O–H groups in total. The summed E-state index contributed by atoms with van der Waals surface area (Å²) in [5.41, 5.74) is 5.66. The van der Waals surface area contributed by atoms with Crippen molar-refractivity contribution in [2.24, 2.45) is 0 Å². The molecular weight excluding hydrogens is 390 g/mol. The maximum Gasteiger partial charge on any atom is 0.338 e. The molecule has 0 fully saturated rings. The van der Waals surface area contributed by atoms with E-state index in [0.717, 1.165) is 27.7 Å². The van der Waals surface area contributed by atoms with Gasteiger partial charge in [0.05, 0.1) is 29.5 Å². The molecule has 1 unspecified atom stereocenters. The first kappa shape index (κ1) is 20.8. The quantitative estimate of drug-likeness (QED) is 0.357. The Bertz CT molecular complexity index is 1130. The van der Waals surface area contributed by atoms with Crippen molar-refractivity contribution in [3.05, 3.63) is 65.2 Å². The van der Waals surface area contributed by atoms with Crippen LogP contribution < -0.4 is 0 Å². The Kier molecular flexibility index (Phi) is 5.07. The lowest BCUT2D eigenvalue weighted by molar-refractivity contribution is 0.0526. The van der Waals surface area contributed by atoms with Gasteiger partial charge in [0.25, 0.3) is 0 Å². The number of pyridine rings is 1. The van der Waals surface area contributed by atoms with E-state index >= 15 is 0 Å². The fraction of sp³-hybridized carbons (Fsp3) is 0.360. The molecule has 0 radical (unpaired) electrons. The third-order valence-electron chi connectivity index (χ3n) is 6.36. The molecule has 1 heterocycles. The normalized spacial score (nSPS) is 15.7. The lowest BCUT2D eigenvalue weighted by Crippen LogP contribution is -2.41. The molecule has 5 heteroatoms. The first-order chi connectivity index (χ1) is 14.1. The van der Waals surface area contributed by atoms with E-state index in [9.17, 15) is 4.79 Å². The van der Waals surface area contributed by atoms with E-state index in [2.05, 4.69) is 58.1 Å². The Morgan fingerprint density at radius 3 is 2.50 bits per heavy atom. The number of carbonyl (C=O) groups excluding carboxylic acids is 1. The molecule has 4 nitrogen and oxygen atoms in total. The highest BCUT2D eigenvalue weighted by molar-refractivity contribution is 6.74. The van der Waals surface area contributed by atoms with Gasteiger partial charge in [-0.25, -0.2) is 9.78 Å². The first-order valence-corrected chi connectivity index (χ1v) is 13.4. The zero-order chi connectivity index (χ0) is 21.7. The molecule has 3 aromatic rings. The van der Waals surface area contributed by atoms with Crippen LogP contribution in [0, 0.1) is 0 Å². The Balaban J connectivity index is 1.84. The molecule has 1 aliphatic carbocycles. The first-order valence-electron chi connectivity index (χ1n) is 10.5. The SMILES string of the molecule is CCOC(=O)c1ccc2cc3c(nc2c1)-c1ccccc1C3O[Si](C)(C)C(C)(C)C. The van der Waals surface area contributed by atoms with Crippen molar-refractivity contribution in [1.82, 2.24) is 4.98 Å². The molecule has 30 heavy (non-hydrogen) atoms. The fourth-order valence-electron chi connectivity index (χ4n) is 3.65. The van der Waals surface area contributed by atoms with Crippen LogP contribution in [0.5, 0.6) is 0 Å². The number of rotatable bonds is 4. The Morgan fingerprint density at radius 1 is 1.07 bits per heavy atom. The minimum absolute atomic E-state index is 0.112. The second-order valence-corrected chi connectivity index (χ2v) is 14.2. The summed E-state index contributed by atoms with van der Waals surface area (Å²) in [5.74, 6) is -0.318. The number of hydrogen-bond donors (Lipinski definition) is 0. The van der Waals surface area contributed by atoms with Gasteiger partial charge in [-0.05, 0) is 48.8 Å². The van der Waals surface area contributed by atoms with E-state index in [1.165, 1.54) is 5.56 Å². The van der Waals surface area contributed by atoms with E-state index < -0.39 is 8.32 Å². The van der Waals surface area contributed by atoms with Crippen molar-refractivity contribution in [3.8, 4) is 11.3 Å². The second kappa shape index (κ2) is 7.32. The predicted octanol–water partition coefficient (Wildman–Crippen LogP) is 6.50. The lowest BCUT2D eigenvalue weighted by atomic mass is 10.1. The van der Waals surface area contributed by atoms with Crippen LogP contribution >= 0.6 is 0 Å². The maximum atomic E-state index is 12.2. The van der Waals surface area contributed by atoms with Crippen molar-refractivity contribution >= 4 is 25.2 Å². The van der Waals surface area contributed by atoms with Gasteiger partial charge >= 0.3 is 5.97 Å². The largest absolute Gasteiger partial charge is 0.462 e. The summed E-state index contributed by atoms with van der Waals surface area (Å²) in [6.07, 6.45) is -0.112. The summed E-state index contributed by atoms with van der Waals surface area (Å²) in [7, 11) is -2.00. The molecule has 0 amide bonds. The van der Waals surface area contributed by atoms with Crippen LogP contribution in [-0.2, 0) is 9.16 Å². The lowest BCUT2D eigenvalue weighted by Gasteiger charge is -2.38. The Hall–Kier alpha value is -2.50. The monoisotopic (exact) mass is 419 g/mol. The average molecular weight is 420 g/mol. The zero-order valence-electron chi connectivity index (χ0n) is 18.6. The minimum atomic E-state index is -2.00. The highest BCUT2D eigenvalue weighted by atomic mass is 28.4. The van der Waals surface area contributed by atoms with Crippen molar-refractivity contribution in [3.63, 3.8) is 0 Å². The Labute approximate surface area is 179 Å². The molecule has 1 aliphatic rings. The Morgan fingerprint density at radius 2 is 1.80 bits per heavy atom. The van der Waals surface area contributed by atoms with Crippen LogP contribution in [0.4, 0.5) is 0 Å². The number of benzene rings is 2. The molecule has 0 bridgehead atoms. The number of hydrogen-bond acceptors (Lipinski definition) is 4. The molecule has 0 saturated heterocycles. The smallest absolute Gasteiger partial charge is 0.338 e. The van der Waals surface area contributed by atoms with Gasteiger partial charge < -0.3 is 9.16 Å². The molecule has 156 valence electrons. The van der Waals surface area contributed by atoms with Gasteiger partial charge in [-0.2, -0.15) is 0 Å². The van der Waals surface area contributed by atoms with E-state index in [4.69, 9.17) is 14.1 Å². The number of ether oxygens (including phenoxy) is 1. The summed E-state index contributed by atoms with van der Waals surface area (Å²) in [4.78, 5) is 17.1. The summed E-state index contributed by atoms with van der Waals surface area (Å²) < 4.78 is 12.0. The van der Waals surface area contributed by atoms with Crippen molar-refractivity contribution < 1.29 is 14.0 Å². The number of nitrogens with zero attached hydrogens (tertiary/aromatic N) is 1. The summed E-state index contributed by atoms with van der Waals surface area (Å²) in [5, 5.41) is 1.11. The van der Waals surface area contributed by atoms with Crippen LogP contribution in [0.25, 0.3) is 22.2 Å². The van der Waals surface area contributed by atoms with Gasteiger partial charge in [0.1, 0.15) is 0 Å². The van der Waals surface area contributed by atoms with Crippen LogP contribution in [0.2, 0.25) is 18.1 Å². The van der Waals surface area contributed by atoms with Crippen molar-refractivity contribution in [2.45, 2.75) is 51.9 Å². The van der Waals surface area contributed by atoms with Gasteiger partial charge in [-0.1, -0.05) is 51.1 Å². The minimum Gasteiger partial charge on any atom is -0.462 e. The maximum absolute atomic E-state index is 12.2. The third kappa shape index (κ3) is 3.46. The number of carbonyl (C=O) groups is 1. The number of fused-ring (bicyclic) bond motifs is 4. The van der Waals surface area contributed by atoms with Gasteiger partial charge in [-0.15, -0.1) is 0 Å². The summed E-state index contributed by atoms with van der Waals surface area (Å²) in [6, 6.07) is 16.1. The van der Waals surface area contributed by atoms with E-state index in [-0.39, 0.29) is 17.1 Å². The van der Waals surface area contributed by atoms with E-state index in [1.807, 2.05) is 25.1 Å². The molecule has 0 spiro atoms. The van der Waals surface area contributed by atoms with E-state index in [1.54, 1.807) is 6.07 Å². The van der Waals surface area contributed by atoms with Gasteiger partial charge in [0.15, 0.2) is 8.32 Å². The number of aromatic nitrogens is 1. The molecule has 0 aliphatic heterocycles. The molecule has 0 saturated carbocycles. The molecule has 1 atom stereocenters. The van der Waals surface area contributed by atoms with Crippen LogP contribution in [0.1, 0.15) is 55.3 Å².